The average Bonchev–Trinajstić information content (AvgIpc) is 3.03. The number of anilines is 3. The molecule has 2 aromatic heterocycles. The van der Waals surface area contributed by atoms with Crippen molar-refractivity contribution in [3.8, 4) is 0 Å². The lowest BCUT2D eigenvalue weighted by atomic mass is 10.2. The Bertz CT molecular complexity index is 905. The summed E-state index contributed by atoms with van der Waals surface area (Å²) >= 11 is 0. The predicted molar refractivity (Wildman–Crippen MR) is 93.5 cm³/mol. The Morgan fingerprint density at radius 2 is 2.19 bits per heavy atom. The summed E-state index contributed by atoms with van der Waals surface area (Å²) in [6.07, 6.45) is 6.22. The van der Waals surface area contributed by atoms with E-state index >= 15 is 0 Å². The number of carbonyl (C=O) groups excluding carboxylic acids is 1. The fourth-order valence-electron chi connectivity index (χ4n) is 4.35. The van der Waals surface area contributed by atoms with Gasteiger partial charge in [0.15, 0.2) is 5.82 Å². The number of H-pyrrole nitrogens is 1. The number of esters is 1. The third-order valence-corrected chi connectivity index (χ3v) is 5.86. The average molecular weight is 352 g/mol. The molecule has 2 aliphatic carbocycles. The van der Waals surface area contributed by atoms with E-state index in [1.54, 1.807) is 0 Å². The zero-order chi connectivity index (χ0) is 17.3. The van der Waals surface area contributed by atoms with Crippen LogP contribution in [0.15, 0.2) is 6.07 Å². The van der Waals surface area contributed by atoms with Gasteiger partial charge in [0.2, 0.25) is 5.95 Å². The zero-order valence-corrected chi connectivity index (χ0v) is 14.4. The molecule has 2 aliphatic heterocycles. The number of carbonyl (C=O) groups is 1. The van der Waals surface area contributed by atoms with Gasteiger partial charge in [0.25, 0.3) is 0 Å². The van der Waals surface area contributed by atoms with Gasteiger partial charge < -0.3 is 15.0 Å². The second kappa shape index (κ2) is 5.18. The van der Waals surface area contributed by atoms with Crippen LogP contribution in [0.2, 0.25) is 0 Å². The first-order chi connectivity index (χ1) is 12.7. The minimum absolute atomic E-state index is 0.0202. The van der Waals surface area contributed by atoms with Crippen LogP contribution < -0.4 is 10.2 Å². The SMILES string of the molecule is O=C1O[C@H]2C[C@@H]1N(c1nc3c(c(Nc4cc(C5CC5)[nH]n4)n1)CCC3)C2. The highest BCUT2D eigenvalue weighted by Crippen LogP contribution is 2.40. The number of aromatic nitrogens is 4. The lowest BCUT2D eigenvalue weighted by Gasteiger charge is -2.26. The van der Waals surface area contributed by atoms with Crippen LogP contribution in [0.25, 0.3) is 0 Å². The highest BCUT2D eigenvalue weighted by atomic mass is 16.6. The smallest absolute Gasteiger partial charge is 0.329 e. The summed E-state index contributed by atoms with van der Waals surface area (Å²) in [7, 11) is 0. The van der Waals surface area contributed by atoms with Gasteiger partial charge in [-0.05, 0) is 32.1 Å². The Morgan fingerprint density at radius 3 is 3.00 bits per heavy atom. The Morgan fingerprint density at radius 1 is 1.27 bits per heavy atom. The molecule has 2 bridgehead atoms. The van der Waals surface area contributed by atoms with Gasteiger partial charge in [-0.2, -0.15) is 10.1 Å². The topological polar surface area (TPSA) is 96.0 Å². The molecule has 3 fully saturated rings. The largest absolute Gasteiger partial charge is 0.459 e. The molecule has 0 aromatic carbocycles. The van der Waals surface area contributed by atoms with Crippen LogP contribution in [-0.2, 0) is 22.4 Å². The number of fused-ring (bicyclic) bond motifs is 3. The minimum Gasteiger partial charge on any atom is -0.459 e. The molecule has 0 radical (unpaired) electrons. The van der Waals surface area contributed by atoms with E-state index in [2.05, 4.69) is 21.6 Å². The molecule has 2 N–H and O–H groups in total. The van der Waals surface area contributed by atoms with Gasteiger partial charge in [-0.15, -0.1) is 0 Å². The van der Waals surface area contributed by atoms with Gasteiger partial charge in [-0.25, -0.2) is 9.78 Å². The summed E-state index contributed by atoms with van der Waals surface area (Å²) in [6.45, 7) is 0.683. The maximum atomic E-state index is 12.0. The molecule has 134 valence electrons. The number of morpholine rings is 1. The standard InChI is InChI=1S/C18H20N6O2/c25-17-14-6-10(26-17)8-24(14)18-19-12-3-1-2-11(12)16(21-18)20-15-7-13(22-23-15)9-4-5-9/h7,9-10,14H,1-6,8H2,(H2,19,20,21,22,23)/t10-,14-/m0/s1. The Labute approximate surface area is 150 Å². The number of ether oxygens (including phenoxy) is 1. The molecular weight excluding hydrogens is 332 g/mol. The number of nitrogens with zero attached hydrogens (tertiary/aromatic N) is 4. The van der Waals surface area contributed by atoms with E-state index in [4.69, 9.17) is 14.7 Å². The molecule has 0 amide bonds. The van der Waals surface area contributed by atoms with Crippen molar-refractivity contribution in [1.82, 2.24) is 20.2 Å². The zero-order valence-electron chi connectivity index (χ0n) is 14.4. The van der Waals surface area contributed by atoms with E-state index in [1.807, 2.05) is 4.90 Å². The van der Waals surface area contributed by atoms with Crippen molar-refractivity contribution in [1.29, 1.82) is 0 Å². The number of aromatic amines is 1. The van der Waals surface area contributed by atoms with Crippen LogP contribution in [0.1, 0.15) is 48.6 Å². The lowest BCUT2D eigenvalue weighted by molar-refractivity contribution is -0.144. The van der Waals surface area contributed by atoms with Gasteiger partial charge >= 0.3 is 5.97 Å². The molecular formula is C18H20N6O2. The van der Waals surface area contributed by atoms with Gasteiger partial charge in [0.1, 0.15) is 18.0 Å². The number of hydrogen-bond acceptors (Lipinski definition) is 7. The minimum atomic E-state index is -0.237. The number of hydrogen-bond donors (Lipinski definition) is 2. The predicted octanol–water partition coefficient (Wildman–Crippen LogP) is 1.81. The second-order valence-corrected chi connectivity index (χ2v) is 7.72. The molecule has 0 spiro atoms. The number of nitrogens with one attached hydrogen (secondary N) is 2. The lowest BCUT2D eigenvalue weighted by Crippen LogP contribution is -2.41. The first-order valence-electron chi connectivity index (χ1n) is 9.44. The Hall–Kier alpha value is -2.64. The van der Waals surface area contributed by atoms with Gasteiger partial charge in [0, 0.05) is 29.7 Å². The summed E-state index contributed by atoms with van der Waals surface area (Å²) < 4.78 is 5.30. The summed E-state index contributed by atoms with van der Waals surface area (Å²) in [5, 5.41) is 10.9. The van der Waals surface area contributed by atoms with Crippen LogP contribution in [0.5, 0.6) is 0 Å². The van der Waals surface area contributed by atoms with E-state index in [0.717, 1.165) is 43.0 Å². The molecule has 0 unspecified atom stereocenters. The fourth-order valence-corrected chi connectivity index (χ4v) is 4.35. The van der Waals surface area contributed by atoms with Crippen molar-refractivity contribution in [2.45, 2.75) is 56.6 Å². The van der Waals surface area contributed by atoms with Crippen molar-refractivity contribution in [3.05, 3.63) is 23.0 Å². The number of aryl methyl sites for hydroxylation is 1. The fraction of sp³-hybridized carbons (Fsp3) is 0.556. The van der Waals surface area contributed by atoms with Crippen LogP contribution in [-0.4, -0.2) is 44.8 Å². The van der Waals surface area contributed by atoms with E-state index in [-0.39, 0.29) is 18.1 Å². The molecule has 26 heavy (non-hydrogen) atoms. The normalized spacial score (nSPS) is 26.3. The van der Waals surface area contributed by atoms with Crippen molar-refractivity contribution in [3.63, 3.8) is 0 Å². The molecule has 8 heteroatoms. The quantitative estimate of drug-likeness (QED) is 0.810. The number of rotatable bonds is 4. The van der Waals surface area contributed by atoms with Crippen molar-refractivity contribution < 1.29 is 9.53 Å². The maximum absolute atomic E-state index is 12.0. The van der Waals surface area contributed by atoms with Gasteiger partial charge in [-0.3, -0.25) is 5.10 Å². The van der Waals surface area contributed by atoms with Crippen LogP contribution in [0.4, 0.5) is 17.6 Å². The van der Waals surface area contributed by atoms with E-state index in [0.29, 0.717) is 18.4 Å². The summed E-state index contributed by atoms with van der Waals surface area (Å²) in [5.41, 5.74) is 3.46. The van der Waals surface area contributed by atoms with E-state index in [9.17, 15) is 4.79 Å². The first-order valence-corrected chi connectivity index (χ1v) is 9.44. The summed E-state index contributed by atoms with van der Waals surface area (Å²) in [6, 6.07) is 1.84. The van der Waals surface area contributed by atoms with Gasteiger partial charge in [-0.1, -0.05) is 0 Å². The summed E-state index contributed by atoms with van der Waals surface area (Å²) in [4.78, 5) is 23.5. The summed E-state index contributed by atoms with van der Waals surface area (Å²) in [5.74, 6) is 2.74. The molecule has 2 saturated heterocycles. The first kappa shape index (κ1) is 14.5. The van der Waals surface area contributed by atoms with Crippen LogP contribution in [0, 0.1) is 0 Å². The van der Waals surface area contributed by atoms with Gasteiger partial charge in [0.05, 0.1) is 12.2 Å². The third kappa shape index (κ3) is 2.21. The second-order valence-electron chi connectivity index (χ2n) is 7.72. The Kier molecular flexibility index (Phi) is 2.90. The molecule has 2 aromatic rings. The van der Waals surface area contributed by atoms with Crippen molar-refractivity contribution in [2.24, 2.45) is 0 Å². The van der Waals surface area contributed by atoms with Crippen molar-refractivity contribution >= 4 is 23.6 Å². The highest BCUT2D eigenvalue weighted by Gasteiger charge is 2.47. The molecule has 4 heterocycles. The van der Waals surface area contributed by atoms with Crippen LogP contribution >= 0.6 is 0 Å². The van der Waals surface area contributed by atoms with E-state index in [1.165, 1.54) is 24.1 Å². The van der Waals surface area contributed by atoms with Crippen LogP contribution in [0.3, 0.4) is 0 Å². The monoisotopic (exact) mass is 352 g/mol. The third-order valence-electron chi connectivity index (χ3n) is 5.86. The molecule has 6 rings (SSSR count). The molecule has 8 nitrogen and oxygen atoms in total. The Balaban J connectivity index is 1.34. The van der Waals surface area contributed by atoms with E-state index < -0.39 is 0 Å². The molecule has 2 atom stereocenters. The maximum Gasteiger partial charge on any atom is 0.329 e. The molecule has 4 aliphatic rings. The highest BCUT2D eigenvalue weighted by molar-refractivity contribution is 5.83. The van der Waals surface area contributed by atoms with Crippen molar-refractivity contribution in [2.75, 3.05) is 16.8 Å². The molecule has 1 saturated carbocycles.